The number of halogens is 2. The number of ether oxygens (including phenoxy) is 1. The van der Waals surface area contributed by atoms with E-state index in [-0.39, 0.29) is 40.9 Å². The van der Waals surface area contributed by atoms with Crippen LogP contribution in [0.15, 0.2) is 204 Å². The Morgan fingerprint density at radius 2 is 0.860 bits per heavy atom. The Hall–Kier alpha value is -8.99. The molecule has 7 fully saturated rings. The normalized spacial score (nSPS) is 24.5. The van der Waals surface area contributed by atoms with Crippen molar-refractivity contribution in [1.29, 1.82) is 0 Å². The summed E-state index contributed by atoms with van der Waals surface area (Å²) in [6, 6.07) is 64.7. The lowest BCUT2D eigenvalue weighted by Gasteiger charge is -2.37. The number of aryl methyl sites for hydroxylation is 8. The maximum atomic E-state index is 12.6. The van der Waals surface area contributed by atoms with Crippen LogP contribution in [-0.4, -0.2) is 68.8 Å². The molecule has 7 aliphatic carbocycles. The van der Waals surface area contributed by atoms with Gasteiger partial charge in [-0.2, -0.15) is 0 Å². The number of carbonyl (C=O) groups is 7. The number of hydrogen-bond acceptors (Lipinski definition) is 12. The zero-order chi connectivity index (χ0) is 88.1. The topological polar surface area (TPSA) is 256 Å². The molecule has 0 saturated heterocycles. The molecule has 8 aromatic rings. The smallest absolute Gasteiger partial charge is 0.408 e. The molecule has 1 amide bonds. The molecule has 9 atom stereocenters. The van der Waals surface area contributed by atoms with Gasteiger partial charge in [0.05, 0.1) is 11.5 Å². The van der Waals surface area contributed by atoms with E-state index < -0.39 is 44.7 Å². The van der Waals surface area contributed by atoms with Gasteiger partial charge in [-0.15, -0.1) is 11.6 Å². The summed E-state index contributed by atoms with van der Waals surface area (Å²) in [6.45, 7) is 23.7. The third-order valence-corrected chi connectivity index (χ3v) is 25.9. The van der Waals surface area contributed by atoms with E-state index in [1.807, 2.05) is 196 Å². The number of nitrogens with one attached hydrogen (secondary N) is 1. The van der Waals surface area contributed by atoms with Crippen LogP contribution in [0.5, 0.6) is 0 Å². The molecule has 7 saturated carbocycles. The standard InChI is InChI=1S/C18H25NO3.C14H18O2.C13H15ClO.C13H15N3O.C13H17NO.C13H18O.C13H16O.C7H7Br/c1-13-8-10-14(11-9-13)18(12-6-5-7-15(18)20)19-16(21)22-17(2,3)4;1-10-5-7-11(8-6-10)14(2)9-3-4-12(15)13(14)16;1-10-5-7-11(8-6-10)13(14)9-3-2-4-12(13)15;1-10-5-7-11(8-6-10)13(15-16-14)9-3-2-4-12(13)17;1-10-5-7-11(8-6-10)13(14)9-3-2-4-12(13)15;2*1-10-6-8-11(9-7-10)12-4-2-3-5-13(12)14;1-6-2-4-7(8)5-3-6/h8-11H,5-7,12H2,1-4H3,(H,19,21);5-8,12,15H,3-4,9H2,1-2H3;5-8H,2-4,9H2,1H3;5-8H,2-4,9H2,1H3;5-8H,2-4,9,14H2,1H3;6-9,12-14H,2-5H2,1H3;6-9,12H,2-5H2,1H3;2-5H,1H3. The van der Waals surface area contributed by atoms with Gasteiger partial charge in [-0.3, -0.25) is 28.8 Å². The second kappa shape index (κ2) is 45.9. The van der Waals surface area contributed by atoms with Crippen LogP contribution in [0, 0.1) is 55.4 Å². The van der Waals surface area contributed by atoms with E-state index in [4.69, 9.17) is 27.6 Å². The van der Waals surface area contributed by atoms with E-state index in [2.05, 4.69) is 113 Å². The molecule has 5 N–H and O–H groups in total. The van der Waals surface area contributed by atoms with Crippen molar-refractivity contribution >= 4 is 68.3 Å². The van der Waals surface area contributed by atoms with Crippen LogP contribution in [0.1, 0.15) is 296 Å². The van der Waals surface area contributed by atoms with Crippen molar-refractivity contribution in [2.75, 3.05) is 0 Å². The number of amides is 1. The van der Waals surface area contributed by atoms with Crippen LogP contribution in [-0.2, 0) is 60.4 Å². The molecular weight excluding hydrogens is 1590 g/mol. The lowest BCUT2D eigenvalue weighted by Crippen LogP contribution is -2.54. The fraction of sp³-hybridized carbons (Fsp3) is 0.471. The average molecular weight is 1730 g/mol. The van der Waals surface area contributed by atoms with Gasteiger partial charge < -0.3 is 26.0 Å². The highest BCUT2D eigenvalue weighted by atomic mass is 79.9. The summed E-state index contributed by atoms with van der Waals surface area (Å²) < 4.78 is 6.50. The zero-order valence-electron chi connectivity index (χ0n) is 73.7. The number of carbonyl (C=O) groups excluding carboxylic acids is 7. The first kappa shape index (κ1) is 97.5. The summed E-state index contributed by atoms with van der Waals surface area (Å²) in [7, 11) is 0. The maximum absolute atomic E-state index is 12.6. The fourth-order valence-electron chi connectivity index (χ4n) is 17.0. The van der Waals surface area contributed by atoms with E-state index in [1.165, 1.54) is 63.8 Å². The molecule has 121 heavy (non-hydrogen) atoms. The molecule has 15 nitrogen and oxygen atoms in total. The van der Waals surface area contributed by atoms with Crippen LogP contribution in [0.2, 0.25) is 0 Å². The molecule has 8 aromatic carbocycles. The minimum absolute atomic E-state index is 0.0254. The van der Waals surface area contributed by atoms with Crippen molar-refractivity contribution in [2.24, 2.45) is 10.8 Å². The SMILES string of the molecule is Cc1ccc(Br)cc1.Cc1ccc(C2(C)CCCC(O)C2=O)cc1.Cc1ccc(C2(Cl)CCCCC2=O)cc1.Cc1ccc(C2(N)CCCCC2=O)cc1.Cc1ccc(C2(N=[N+]=[N-])CCCCC2=O)cc1.Cc1ccc(C2(NC(=O)OC(C)(C)C)CCCCC2=O)cc1.Cc1ccc(C2CCCCC2=O)cc1.Cc1ccc(C2CCCCC2O)cc1. The van der Waals surface area contributed by atoms with E-state index >= 15 is 0 Å². The predicted molar refractivity (Wildman–Crippen MR) is 492 cm³/mol. The minimum atomic E-state index is -0.958. The summed E-state index contributed by atoms with van der Waals surface area (Å²) >= 11 is 9.80. The van der Waals surface area contributed by atoms with Gasteiger partial charge >= 0.3 is 6.09 Å². The highest BCUT2D eigenvalue weighted by Crippen LogP contribution is 2.43. The summed E-state index contributed by atoms with van der Waals surface area (Å²) in [5, 5.41) is 26.3. The highest BCUT2D eigenvalue weighted by molar-refractivity contribution is 9.10. The van der Waals surface area contributed by atoms with Crippen molar-refractivity contribution in [1.82, 2.24) is 5.32 Å². The summed E-state index contributed by atoms with van der Waals surface area (Å²) in [4.78, 5) is 86.6. The lowest BCUT2D eigenvalue weighted by molar-refractivity contribution is -0.135. The number of aliphatic hydroxyl groups excluding tert-OH is 2. The van der Waals surface area contributed by atoms with E-state index in [1.54, 1.807) is 0 Å². The van der Waals surface area contributed by atoms with Gasteiger partial charge in [0.15, 0.2) is 23.1 Å². The Labute approximate surface area is 733 Å². The number of nitrogens with zero attached hydrogens (tertiary/aromatic N) is 3. The van der Waals surface area contributed by atoms with Crippen LogP contribution < -0.4 is 11.1 Å². The van der Waals surface area contributed by atoms with Crippen LogP contribution in [0.3, 0.4) is 0 Å². The quantitative estimate of drug-likeness (QED) is 0.0457. The third kappa shape index (κ3) is 27.8. The summed E-state index contributed by atoms with van der Waals surface area (Å²) in [5.74, 6) is 1.45. The van der Waals surface area contributed by atoms with E-state index in [9.17, 15) is 43.8 Å². The van der Waals surface area contributed by atoms with Crippen molar-refractivity contribution < 1.29 is 48.5 Å². The first-order valence-corrected chi connectivity index (χ1v) is 45.0. The largest absolute Gasteiger partial charge is 0.444 e. The zero-order valence-corrected chi connectivity index (χ0v) is 76.1. The number of azide groups is 1. The number of hydrogen-bond donors (Lipinski definition) is 4. The number of nitrogens with two attached hydrogens (primary N) is 1. The summed E-state index contributed by atoms with van der Waals surface area (Å²) in [6.07, 6.45) is 22.3. The van der Waals surface area contributed by atoms with Gasteiger partial charge in [-0.1, -0.05) is 286 Å². The molecule has 17 heteroatoms. The van der Waals surface area contributed by atoms with E-state index in [0.29, 0.717) is 56.6 Å². The first-order chi connectivity index (χ1) is 57.5. The maximum Gasteiger partial charge on any atom is 0.408 e. The Morgan fingerprint density at radius 3 is 1.32 bits per heavy atom. The van der Waals surface area contributed by atoms with Crippen LogP contribution in [0.25, 0.3) is 10.4 Å². The van der Waals surface area contributed by atoms with Crippen molar-refractivity contribution in [2.45, 2.75) is 313 Å². The van der Waals surface area contributed by atoms with E-state index in [0.717, 1.165) is 153 Å². The Balaban J connectivity index is 0.000000174. The van der Waals surface area contributed by atoms with Crippen LogP contribution in [0.4, 0.5) is 4.79 Å². The van der Waals surface area contributed by atoms with Gasteiger partial charge in [0.25, 0.3) is 0 Å². The van der Waals surface area contributed by atoms with Crippen LogP contribution >= 0.6 is 27.5 Å². The first-order valence-electron chi connectivity index (χ1n) is 43.9. The summed E-state index contributed by atoms with van der Waals surface area (Å²) in [5.41, 5.74) is 28.1. The second-order valence-electron chi connectivity index (χ2n) is 35.7. The van der Waals surface area contributed by atoms with Gasteiger partial charge in [0, 0.05) is 53.3 Å². The number of benzene rings is 8. The molecule has 0 bridgehead atoms. The van der Waals surface area contributed by atoms with Gasteiger partial charge in [-0.25, -0.2) is 4.79 Å². The molecule has 0 heterocycles. The van der Waals surface area contributed by atoms with Crippen molar-refractivity contribution in [3.63, 3.8) is 0 Å². The molecule has 15 rings (SSSR count). The third-order valence-electron chi connectivity index (χ3n) is 24.7. The number of Topliss-reactive ketones (excluding diaryl/α,β-unsaturated/α-hetero) is 6. The number of alkyl halides is 1. The Kier molecular flexibility index (Phi) is 37.0. The second-order valence-corrected chi connectivity index (χ2v) is 37.2. The number of alkyl carbamates (subject to hydrolysis) is 1. The molecule has 0 aromatic heterocycles. The lowest BCUT2D eigenvalue weighted by atomic mass is 9.69. The molecule has 0 spiro atoms. The monoisotopic (exact) mass is 1720 g/mol. The molecule has 0 radical (unpaired) electrons. The van der Waals surface area contributed by atoms with Gasteiger partial charge in [-0.05, 0) is 242 Å². The van der Waals surface area contributed by atoms with Gasteiger partial charge in [0.2, 0.25) is 0 Å². The Morgan fingerprint density at radius 1 is 0.455 bits per heavy atom. The number of ketones is 6. The molecule has 7 aliphatic rings. The predicted octanol–water partition coefficient (Wildman–Crippen LogP) is 24.7. The van der Waals surface area contributed by atoms with Crippen molar-refractivity contribution in [3.8, 4) is 0 Å². The minimum Gasteiger partial charge on any atom is -0.444 e. The molecular formula is C104H131BrClN5O10. The number of rotatable bonds is 9. The van der Waals surface area contributed by atoms with Crippen molar-refractivity contribution in [3.05, 3.63) is 292 Å². The van der Waals surface area contributed by atoms with Gasteiger partial charge in [0.1, 0.15) is 44.8 Å². The fourth-order valence-corrected chi connectivity index (χ4v) is 17.6. The molecule has 9 unspecified atom stereocenters. The molecule has 0 aliphatic heterocycles. The average Bonchev–Trinajstić information content (AvgIpc) is 0.748. The Bertz CT molecular complexity index is 4640. The number of aliphatic hydroxyl groups is 2. The molecule has 646 valence electrons. The highest BCUT2D eigenvalue weighted by Gasteiger charge is 2.46.